The Morgan fingerprint density at radius 1 is 1.21 bits per heavy atom. The third-order valence-corrected chi connectivity index (χ3v) is 7.11. The van der Waals surface area contributed by atoms with E-state index in [1.807, 2.05) is 13.8 Å². The molecule has 1 fully saturated rings. The SMILES string of the molecule is C=CCOc1ccc([C@H]2C(=C(O)c3ccc4c(c3)C[C@H](C)O4)C(=O)C(=O)N2c2nnc(C)s2)cc1OCC. The molecular formula is C28H27N3O6S. The second-order valence-corrected chi connectivity index (χ2v) is 10.1. The molecule has 0 saturated carbocycles. The van der Waals surface area contributed by atoms with Crippen LogP contribution in [0.3, 0.4) is 0 Å². The van der Waals surface area contributed by atoms with Crippen molar-refractivity contribution in [3.63, 3.8) is 0 Å². The van der Waals surface area contributed by atoms with Gasteiger partial charge < -0.3 is 19.3 Å². The summed E-state index contributed by atoms with van der Waals surface area (Å²) in [6.07, 6.45) is 2.33. The summed E-state index contributed by atoms with van der Waals surface area (Å²) >= 11 is 1.19. The summed E-state index contributed by atoms with van der Waals surface area (Å²) in [5.74, 6) is -0.205. The Bertz CT molecular complexity index is 1460. The van der Waals surface area contributed by atoms with Crippen molar-refractivity contribution in [2.75, 3.05) is 18.1 Å². The van der Waals surface area contributed by atoms with Crippen molar-refractivity contribution in [1.82, 2.24) is 10.2 Å². The van der Waals surface area contributed by atoms with E-state index in [2.05, 4.69) is 16.8 Å². The van der Waals surface area contributed by atoms with Crippen LogP contribution < -0.4 is 19.1 Å². The molecule has 0 unspecified atom stereocenters. The fourth-order valence-electron chi connectivity index (χ4n) is 4.68. The predicted molar refractivity (Wildman–Crippen MR) is 143 cm³/mol. The van der Waals surface area contributed by atoms with E-state index < -0.39 is 17.7 Å². The number of fused-ring (bicyclic) bond motifs is 1. The number of nitrogens with zero attached hydrogens (tertiary/aromatic N) is 3. The largest absolute Gasteiger partial charge is 0.507 e. The number of hydrogen-bond acceptors (Lipinski definition) is 9. The average Bonchev–Trinajstić information content (AvgIpc) is 3.57. The van der Waals surface area contributed by atoms with Crippen LogP contribution in [0, 0.1) is 6.92 Å². The number of aliphatic hydroxyl groups excluding tert-OH is 1. The number of carbonyl (C=O) groups is 2. The number of amides is 1. The van der Waals surface area contributed by atoms with Crippen molar-refractivity contribution >= 4 is 33.9 Å². The normalized spacial score (nSPS) is 19.8. The Morgan fingerprint density at radius 2 is 2.03 bits per heavy atom. The third-order valence-electron chi connectivity index (χ3n) is 6.28. The Morgan fingerprint density at radius 3 is 2.74 bits per heavy atom. The fourth-order valence-corrected chi connectivity index (χ4v) is 5.40. The van der Waals surface area contributed by atoms with Crippen molar-refractivity contribution in [2.45, 2.75) is 39.3 Å². The Hall–Kier alpha value is -4.18. The zero-order valence-electron chi connectivity index (χ0n) is 21.3. The highest BCUT2D eigenvalue weighted by atomic mass is 32.1. The van der Waals surface area contributed by atoms with Gasteiger partial charge in [-0.05, 0) is 62.2 Å². The Balaban J connectivity index is 1.67. The monoisotopic (exact) mass is 533 g/mol. The molecule has 0 bridgehead atoms. The lowest BCUT2D eigenvalue weighted by Crippen LogP contribution is -2.29. The molecular weight excluding hydrogens is 506 g/mol. The lowest BCUT2D eigenvalue weighted by molar-refractivity contribution is -0.132. The summed E-state index contributed by atoms with van der Waals surface area (Å²) in [4.78, 5) is 28.1. The van der Waals surface area contributed by atoms with E-state index in [4.69, 9.17) is 14.2 Å². The van der Waals surface area contributed by atoms with Crippen LogP contribution in [0.15, 0.2) is 54.6 Å². The molecule has 2 aliphatic heterocycles. The number of hydrogen-bond donors (Lipinski definition) is 1. The molecule has 38 heavy (non-hydrogen) atoms. The first-order valence-electron chi connectivity index (χ1n) is 12.2. The number of ketones is 1. The maximum atomic E-state index is 13.5. The van der Waals surface area contributed by atoms with Crippen LogP contribution in [-0.2, 0) is 16.0 Å². The highest BCUT2D eigenvalue weighted by Gasteiger charge is 2.48. The number of benzene rings is 2. The van der Waals surface area contributed by atoms with Gasteiger partial charge in [-0.1, -0.05) is 30.1 Å². The van der Waals surface area contributed by atoms with E-state index in [1.165, 1.54) is 16.2 Å². The second-order valence-electron chi connectivity index (χ2n) is 8.97. The minimum Gasteiger partial charge on any atom is -0.507 e. The average molecular weight is 534 g/mol. The molecule has 1 amide bonds. The van der Waals surface area contributed by atoms with Crippen molar-refractivity contribution in [3.8, 4) is 17.2 Å². The molecule has 2 aliphatic rings. The van der Waals surface area contributed by atoms with Gasteiger partial charge in [0, 0.05) is 12.0 Å². The number of Topliss-reactive ketones (excluding diaryl/α,β-unsaturated/α-hetero) is 1. The van der Waals surface area contributed by atoms with E-state index in [0.29, 0.717) is 40.7 Å². The van der Waals surface area contributed by atoms with Gasteiger partial charge in [0.25, 0.3) is 5.78 Å². The van der Waals surface area contributed by atoms with E-state index >= 15 is 0 Å². The second kappa shape index (κ2) is 10.3. The molecule has 3 aromatic rings. The van der Waals surface area contributed by atoms with Gasteiger partial charge in [0.1, 0.15) is 29.2 Å². The summed E-state index contributed by atoms with van der Waals surface area (Å²) in [5, 5.41) is 20.6. The number of anilines is 1. The molecule has 196 valence electrons. The van der Waals surface area contributed by atoms with E-state index in [-0.39, 0.29) is 29.2 Å². The van der Waals surface area contributed by atoms with Crippen LogP contribution in [0.1, 0.15) is 41.6 Å². The zero-order valence-corrected chi connectivity index (χ0v) is 22.1. The molecule has 2 aromatic carbocycles. The molecule has 1 aromatic heterocycles. The van der Waals surface area contributed by atoms with Crippen molar-refractivity contribution in [1.29, 1.82) is 0 Å². The molecule has 0 aliphatic carbocycles. The summed E-state index contributed by atoms with van der Waals surface area (Å²) in [6.45, 7) is 9.91. The summed E-state index contributed by atoms with van der Waals surface area (Å²) < 4.78 is 17.3. The van der Waals surface area contributed by atoms with E-state index in [1.54, 1.807) is 49.4 Å². The molecule has 1 N–H and O–H groups in total. The predicted octanol–water partition coefficient (Wildman–Crippen LogP) is 4.76. The quantitative estimate of drug-likeness (QED) is 0.191. The smallest absolute Gasteiger partial charge is 0.301 e. The van der Waals surface area contributed by atoms with Crippen molar-refractivity contribution in [3.05, 3.63) is 76.3 Å². The topological polar surface area (TPSA) is 111 Å². The minimum absolute atomic E-state index is 0.0208. The van der Waals surface area contributed by atoms with Gasteiger partial charge >= 0.3 is 5.91 Å². The van der Waals surface area contributed by atoms with Gasteiger partial charge in [-0.25, -0.2) is 0 Å². The molecule has 0 radical (unpaired) electrons. The number of aliphatic hydroxyl groups is 1. The maximum Gasteiger partial charge on any atom is 0.301 e. The molecule has 0 spiro atoms. The molecule has 9 nitrogen and oxygen atoms in total. The lowest BCUT2D eigenvalue weighted by Gasteiger charge is -2.23. The van der Waals surface area contributed by atoms with Crippen LogP contribution >= 0.6 is 11.3 Å². The van der Waals surface area contributed by atoms with Gasteiger partial charge in [-0.3, -0.25) is 14.5 Å². The van der Waals surface area contributed by atoms with Crippen molar-refractivity contribution < 1.29 is 28.9 Å². The standard InChI is InChI=1S/C28H27N3O6S/c1-5-11-36-21-10-7-17(14-22(21)35-6-2)24-23(26(33)27(34)31(24)28-30-29-16(4)38-28)25(32)18-8-9-20-19(13-18)12-15(3)37-20/h5,7-10,13-15,24,32H,1,6,11-12H2,2-4H3/t15-,24-/m0/s1. The van der Waals surface area contributed by atoms with E-state index in [9.17, 15) is 14.7 Å². The molecule has 2 atom stereocenters. The summed E-state index contributed by atoms with van der Waals surface area (Å²) in [6, 6.07) is 9.46. The van der Waals surface area contributed by atoms with Crippen LogP contribution in [-0.4, -0.2) is 46.3 Å². The lowest BCUT2D eigenvalue weighted by atomic mass is 9.94. The fraction of sp³-hybridized carbons (Fsp3) is 0.286. The third kappa shape index (κ3) is 4.51. The van der Waals surface area contributed by atoms with Gasteiger partial charge in [0.2, 0.25) is 5.13 Å². The number of aryl methyl sites for hydroxylation is 1. The summed E-state index contributed by atoms with van der Waals surface area (Å²) in [7, 11) is 0. The molecule has 1 saturated heterocycles. The number of carbonyl (C=O) groups excluding carboxylic acids is 2. The molecule has 3 heterocycles. The number of ether oxygens (including phenoxy) is 3. The first kappa shape index (κ1) is 25.5. The minimum atomic E-state index is -0.960. The van der Waals surface area contributed by atoms with Crippen LogP contribution in [0.25, 0.3) is 5.76 Å². The summed E-state index contributed by atoms with van der Waals surface area (Å²) in [5.41, 5.74) is 1.85. The molecule has 5 rings (SSSR count). The number of rotatable bonds is 8. The van der Waals surface area contributed by atoms with Gasteiger partial charge in [-0.2, -0.15) is 0 Å². The Kier molecular flexibility index (Phi) is 6.90. The number of aromatic nitrogens is 2. The van der Waals surface area contributed by atoms with Gasteiger partial charge in [0.05, 0.1) is 18.2 Å². The maximum absolute atomic E-state index is 13.5. The van der Waals surface area contributed by atoms with Crippen LogP contribution in [0.2, 0.25) is 0 Å². The first-order valence-corrected chi connectivity index (χ1v) is 13.1. The Labute approximate surface area is 224 Å². The van der Waals surface area contributed by atoms with Crippen LogP contribution in [0.5, 0.6) is 17.2 Å². The van der Waals surface area contributed by atoms with Crippen LogP contribution in [0.4, 0.5) is 5.13 Å². The van der Waals surface area contributed by atoms with Gasteiger partial charge in [0.15, 0.2) is 11.5 Å². The zero-order chi connectivity index (χ0) is 27.0. The highest BCUT2D eigenvalue weighted by Crippen LogP contribution is 2.45. The first-order chi connectivity index (χ1) is 18.3. The van der Waals surface area contributed by atoms with E-state index in [0.717, 1.165) is 11.3 Å². The van der Waals surface area contributed by atoms with Crippen molar-refractivity contribution in [2.24, 2.45) is 0 Å². The van der Waals surface area contributed by atoms with Gasteiger partial charge in [-0.15, -0.1) is 10.2 Å². The highest BCUT2D eigenvalue weighted by molar-refractivity contribution is 7.15. The molecule has 10 heteroatoms.